The van der Waals surface area contributed by atoms with Crippen LogP contribution in [0, 0.1) is 5.92 Å². The van der Waals surface area contributed by atoms with Crippen molar-refractivity contribution in [3.05, 3.63) is 29.8 Å². The SMILES string of the molecule is CC(C)C(C)(CN)N=C1NS(=O)(=O)c2ccccc21. The first-order valence-corrected chi connectivity index (χ1v) is 7.70. The summed E-state index contributed by atoms with van der Waals surface area (Å²) in [7, 11) is -3.48. The molecule has 5 nitrogen and oxygen atoms in total. The van der Waals surface area contributed by atoms with Gasteiger partial charge in [-0.25, -0.2) is 8.42 Å². The number of benzene rings is 1. The van der Waals surface area contributed by atoms with Crippen LogP contribution in [0.25, 0.3) is 0 Å². The van der Waals surface area contributed by atoms with Crippen molar-refractivity contribution in [3.8, 4) is 0 Å². The lowest BCUT2D eigenvalue weighted by molar-refractivity contribution is 0.352. The summed E-state index contributed by atoms with van der Waals surface area (Å²) in [6, 6.07) is 6.83. The molecule has 1 aromatic rings. The van der Waals surface area contributed by atoms with Crippen molar-refractivity contribution < 1.29 is 8.42 Å². The first kappa shape index (κ1) is 14.0. The van der Waals surface area contributed by atoms with Crippen LogP contribution in [-0.4, -0.2) is 26.3 Å². The molecule has 104 valence electrons. The molecule has 1 heterocycles. The van der Waals surface area contributed by atoms with Gasteiger partial charge < -0.3 is 5.73 Å². The van der Waals surface area contributed by atoms with Gasteiger partial charge in [-0.3, -0.25) is 9.71 Å². The van der Waals surface area contributed by atoms with E-state index in [9.17, 15) is 8.42 Å². The first-order valence-electron chi connectivity index (χ1n) is 6.22. The van der Waals surface area contributed by atoms with Gasteiger partial charge in [0.2, 0.25) is 0 Å². The highest BCUT2D eigenvalue weighted by Crippen LogP contribution is 2.26. The number of nitrogens with two attached hydrogens (primary N) is 1. The van der Waals surface area contributed by atoms with Crippen LogP contribution in [-0.2, 0) is 10.0 Å². The Morgan fingerprint density at radius 1 is 1.37 bits per heavy atom. The summed E-state index contributed by atoms with van der Waals surface area (Å²) in [4.78, 5) is 4.84. The number of amidine groups is 1. The van der Waals surface area contributed by atoms with Crippen molar-refractivity contribution >= 4 is 15.9 Å². The number of aliphatic imine (C=N–C) groups is 1. The second-order valence-corrected chi connectivity index (χ2v) is 6.93. The molecule has 0 aliphatic carbocycles. The molecule has 1 aliphatic rings. The zero-order valence-electron chi connectivity index (χ0n) is 11.3. The van der Waals surface area contributed by atoms with Gasteiger partial charge in [-0.05, 0) is 25.0 Å². The van der Waals surface area contributed by atoms with Crippen LogP contribution in [0.2, 0.25) is 0 Å². The predicted molar refractivity (Wildman–Crippen MR) is 75.6 cm³/mol. The van der Waals surface area contributed by atoms with E-state index in [2.05, 4.69) is 9.71 Å². The molecule has 0 fully saturated rings. The van der Waals surface area contributed by atoms with Gasteiger partial charge in [0.1, 0.15) is 5.84 Å². The van der Waals surface area contributed by atoms with Gasteiger partial charge in [-0.15, -0.1) is 0 Å². The summed E-state index contributed by atoms with van der Waals surface area (Å²) in [5, 5.41) is 0. The second-order valence-electron chi connectivity index (χ2n) is 5.28. The minimum atomic E-state index is -3.48. The Morgan fingerprint density at radius 3 is 2.58 bits per heavy atom. The van der Waals surface area contributed by atoms with Crippen LogP contribution < -0.4 is 10.5 Å². The topological polar surface area (TPSA) is 84.5 Å². The largest absolute Gasteiger partial charge is 0.328 e. The molecule has 0 radical (unpaired) electrons. The Labute approximate surface area is 114 Å². The van der Waals surface area contributed by atoms with Crippen molar-refractivity contribution in [2.75, 3.05) is 6.54 Å². The normalized spacial score (nSPS) is 22.1. The molecular formula is C13H19N3O2S. The number of nitrogens with zero attached hydrogens (tertiary/aromatic N) is 1. The molecule has 1 aliphatic heterocycles. The molecule has 0 saturated carbocycles. The highest BCUT2D eigenvalue weighted by molar-refractivity contribution is 7.90. The molecule has 1 unspecified atom stereocenters. The predicted octanol–water partition coefficient (Wildman–Crippen LogP) is 1.10. The van der Waals surface area contributed by atoms with E-state index >= 15 is 0 Å². The molecule has 0 saturated heterocycles. The van der Waals surface area contributed by atoms with E-state index in [1.807, 2.05) is 20.8 Å². The van der Waals surface area contributed by atoms with Gasteiger partial charge in [-0.2, -0.15) is 0 Å². The quantitative estimate of drug-likeness (QED) is 0.870. The van der Waals surface area contributed by atoms with Crippen molar-refractivity contribution in [1.82, 2.24) is 4.72 Å². The summed E-state index contributed by atoms with van der Waals surface area (Å²) in [5.41, 5.74) is 5.91. The fraction of sp³-hybridized carbons (Fsp3) is 0.462. The average Bonchev–Trinajstić information content (AvgIpc) is 2.61. The standard InChI is InChI=1S/C13H19N3O2S/c1-9(2)13(3,8-14)15-12-10-6-4-5-7-11(10)19(17,18)16-12/h4-7,9H,8,14H2,1-3H3,(H,15,16). The van der Waals surface area contributed by atoms with Gasteiger partial charge in [-0.1, -0.05) is 26.0 Å². The lowest BCUT2D eigenvalue weighted by atomic mass is 9.89. The van der Waals surface area contributed by atoms with Gasteiger partial charge in [0.05, 0.1) is 10.4 Å². The van der Waals surface area contributed by atoms with Crippen molar-refractivity contribution in [2.24, 2.45) is 16.6 Å². The number of hydrogen-bond donors (Lipinski definition) is 2. The molecule has 0 bridgehead atoms. The molecule has 6 heteroatoms. The lowest BCUT2D eigenvalue weighted by Crippen LogP contribution is -2.40. The molecule has 0 amide bonds. The Kier molecular flexibility index (Phi) is 3.40. The average molecular weight is 281 g/mol. The van der Waals surface area contributed by atoms with E-state index in [1.54, 1.807) is 24.3 Å². The maximum absolute atomic E-state index is 12.0. The fourth-order valence-electron chi connectivity index (χ4n) is 1.88. The van der Waals surface area contributed by atoms with Crippen LogP contribution in [0.3, 0.4) is 0 Å². The van der Waals surface area contributed by atoms with E-state index in [0.29, 0.717) is 17.9 Å². The van der Waals surface area contributed by atoms with E-state index in [0.717, 1.165) is 0 Å². The smallest absolute Gasteiger partial charge is 0.263 e. The zero-order valence-corrected chi connectivity index (χ0v) is 12.2. The van der Waals surface area contributed by atoms with Crippen LogP contribution >= 0.6 is 0 Å². The molecule has 3 N–H and O–H groups in total. The molecule has 0 spiro atoms. The maximum atomic E-state index is 12.0. The Bertz CT molecular complexity index is 623. The highest BCUT2D eigenvalue weighted by Gasteiger charge is 2.34. The number of fused-ring (bicyclic) bond motifs is 1. The lowest BCUT2D eigenvalue weighted by Gasteiger charge is -2.28. The zero-order chi connectivity index (χ0) is 14.3. The number of sulfonamides is 1. The van der Waals surface area contributed by atoms with E-state index in [1.165, 1.54) is 0 Å². The summed E-state index contributed by atoms with van der Waals surface area (Å²) >= 11 is 0. The third-order valence-electron chi connectivity index (χ3n) is 3.69. The molecule has 0 aromatic heterocycles. The Hall–Kier alpha value is -1.40. The third-order valence-corrected chi connectivity index (χ3v) is 5.08. The number of hydrogen-bond acceptors (Lipinski definition) is 4. The third kappa shape index (κ3) is 2.37. The summed E-state index contributed by atoms with van der Waals surface area (Å²) in [5.74, 6) is 0.597. The number of nitrogens with one attached hydrogen (secondary N) is 1. The molecule has 19 heavy (non-hydrogen) atoms. The summed E-state index contributed by atoms with van der Waals surface area (Å²) in [6.45, 7) is 6.33. The van der Waals surface area contributed by atoms with Gasteiger partial charge in [0.15, 0.2) is 0 Å². The Balaban J connectivity index is 2.56. The van der Waals surface area contributed by atoms with Crippen molar-refractivity contribution in [1.29, 1.82) is 0 Å². The minimum absolute atomic E-state index is 0.210. The van der Waals surface area contributed by atoms with Crippen LogP contribution in [0.15, 0.2) is 34.2 Å². The molecular weight excluding hydrogens is 262 g/mol. The van der Waals surface area contributed by atoms with Gasteiger partial charge in [0.25, 0.3) is 10.0 Å². The summed E-state index contributed by atoms with van der Waals surface area (Å²) in [6.07, 6.45) is 0. The van der Waals surface area contributed by atoms with Crippen molar-refractivity contribution in [3.63, 3.8) is 0 Å². The highest BCUT2D eigenvalue weighted by atomic mass is 32.2. The Morgan fingerprint density at radius 2 is 2.00 bits per heavy atom. The van der Waals surface area contributed by atoms with E-state index in [-0.39, 0.29) is 10.8 Å². The molecule has 2 rings (SSSR count). The monoisotopic (exact) mass is 281 g/mol. The minimum Gasteiger partial charge on any atom is -0.328 e. The van der Waals surface area contributed by atoms with Crippen LogP contribution in [0.4, 0.5) is 0 Å². The van der Waals surface area contributed by atoms with E-state index in [4.69, 9.17) is 5.73 Å². The first-order chi connectivity index (χ1) is 8.80. The van der Waals surface area contributed by atoms with Gasteiger partial charge >= 0.3 is 0 Å². The maximum Gasteiger partial charge on any atom is 0.263 e. The van der Waals surface area contributed by atoms with Gasteiger partial charge in [0, 0.05) is 12.1 Å². The van der Waals surface area contributed by atoms with Crippen LogP contribution in [0.1, 0.15) is 26.3 Å². The molecule has 1 atom stereocenters. The summed E-state index contributed by atoms with van der Waals surface area (Å²) < 4.78 is 26.5. The molecule has 1 aromatic carbocycles. The van der Waals surface area contributed by atoms with Crippen molar-refractivity contribution in [2.45, 2.75) is 31.2 Å². The fourth-order valence-corrected chi connectivity index (χ4v) is 3.11. The van der Waals surface area contributed by atoms with E-state index < -0.39 is 15.6 Å². The second kappa shape index (κ2) is 4.61. The number of rotatable bonds is 3. The van der Waals surface area contributed by atoms with Crippen LogP contribution in [0.5, 0.6) is 0 Å².